The minimum atomic E-state index is -1.03. The van der Waals surface area contributed by atoms with Gasteiger partial charge in [0.15, 0.2) is 6.10 Å². The molecular weight excluding hydrogens is 544 g/mol. The van der Waals surface area contributed by atoms with E-state index in [0.29, 0.717) is 50.3 Å². The van der Waals surface area contributed by atoms with E-state index in [-0.39, 0.29) is 23.2 Å². The van der Waals surface area contributed by atoms with Gasteiger partial charge in [-0.3, -0.25) is 14.4 Å². The molecule has 0 fully saturated rings. The van der Waals surface area contributed by atoms with Crippen molar-refractivity contribution < 1.29 is 28.7 Å². The van der Waals surface area contributed by atoms with Gasteiger partial charge in [0.25, 0.3) is 11.8 Å². The minimum Gasteiger partial charge on any atom is -0.497 e. The van der Waals surface area contributed by atoms with Crippen molar-refractivity contribution in [1.29, 1.82) is 0 Å². The van der Waals surface area contributed by atoms with Gasteiger partial charge >= 0.3 is 5.97 Å². The van der Waals surface area contributed by atoms with Gasteiger partial charge in [0, 0.05) is 16.5 Å². The van der Waals surface area contributed by atoms with Crippen LogP contribution in [0.2, 0.25) is 0 Å². The molecule has 6 rings (SSSR count). The number of fused-ring (bicyclic) bond motifs is 2. The van der Waals surface area contributed by atoms with E-state index < -0.39 is 12.1 Å². The lowest BCUT2D eigenvalue weighted by atomic mass is 10.0. The number of imide groups is 1. The maximum Gasteiger partial charge on any atom is 0.339 e. The van der Waals surface area contributed by atoms with Crippen LogP contribution in [-0.4, -0.2) is 41.8 Å². The SMILES string of the molecule is COc1ccc(C(=O)[C@@H](C)OC(=O)c2cc(-c3ccc(N4C(=O)c5ccccc5C4=O)cc3)nc3c(C)cccc23)cc1. The second kappa shape index (κ2) is 11.0. The quantitative estimate of drug-likeness (QED) is 0.126. The Morgan fingerprint density at radius 2 is 1.47 bits per heavy atom. The fourth-order valence-electron chi connectivity index (χ4n) is 5.18. The van der Waals surface area contributed by atoms with Crippen molar-refractivity contribution in [2.24, 2.45) is 0 Å². The Bertz CT molecular complexity index is 1890. The van der Waals surface area contributed by atoms with E-state index in [4.69, 9.17) is 14.5 Å². The number of hydrogen-bond acceptors (Lipinski definition) is 7. The number of methoxy groups -OCH3 is 1. The summed E-state index contributed by atoms with van der Waals surface area (Å²) in [5.41, 5.74) is 4.47. The number of carbonyl (C=O) groups is 4. The Labute approximate surface area is 247 Å². The molecule has 212 valence electrons. The zero-order chi connectivity index (χ0) is 30.2. The summed E-state index contributed by atoms with van der Waals surface area (Å²) in [6.07, 6.45) is -1.03. The largest absolute Gasteiger partial charge is 0.497 e. The highest BCUT2D eigenvalue weighted by Crippen LogP contribution is 2.32. The number of nitrogens with zero attached hydrogens (tertiary/aromatic N) is 2. The summed E-state index contributed by atoms with van der Waals surface area (Å²) in [7, 11) is 1.54. The van der Waals surface area contributed by atoms with E-state index in [2.05, 4.69) is 0 Å². The summed E-state index contributed by atoms with van der Waals surface area (Å²) in [6, 6.07) is 27.3. The van der Waals surface area contributed by atoms with Crippen molar-refractivity contribution in [3.63, 3.8) is 0 Å². The first-order valence-corrected chi connectivity index (χ1v) is 13.6. The van der Waals surface area contributed by atoms with Gasteiger partial charge in [-0.2, -0.15) is 0 Å². The summed E-state index contributed by atoms with van der Waals surface area (Å²) in [4.78, 5) is 58.3. The van der Waals surface area contributed by atoms with Crippen LogP contribution in [0.3, 0.4) is 0 Å². The molecular formula is C35H26N2O6. The van der Waals surface area contributed by atoms with Gasteiger partial charge in [0.05, 0.1) is 40.7 Å². The number of esters is 1. The summed E-state index contributed by atoms with van der Waals surface area (Å²) < 4.78 is 10.8. The molecule has 1 atom stereocenters. The molecule has 0 radical (unpaired) electrons. The molecule has 0 aliphatic carbocycles. The smallest absolute Gasteiger partial charge is 0.339 e. The number of amides is 2. The van der Waals surface area contributed by atoms with Crippen LogP contribution in [-0.2, 0) is 4.74 Å². The number of anilines is 1. The zero-order valence-corrected chi connectivity index (χ0v) is 23.7. The summed E-state index contributed by atoms with van der Waals surface area (Å²) in [5.74, 6) is -1.14. The normalized spacial score (nSPS) is 13.1. The van der Waals surface area contributed by atoms with Crippen LogP contribution in [0.25, 0.3) is 22.2 Å². The van der Waals surface area contributed by atoms with Gasteiger partial charge in [-0.1, -0.05) is 42.5 Å². The van der Waals surface area contributed by atoms with Crippen LogP contribution in [0.15, 0.2) is 97.1 Å². The number of hydrogen-bond donors (Lipinski definition) is 0. The number of benzene rings is 4. The number of ketones is 1. The number of rotatable bonds is 7. The molecule has 4 aromatic carbocycles. The second-order valence-electron chi connectivity index (χ2n) is 10.2. The van der Waals surface area contributed by atoms with Crippen molar-refractivity contribution >= 4 is 40.2 Å². The lowest BCUT2D eigenvalue weighted by Crippen LogP contribution is -2.29. The average Bonchev–Trinajstić information content (AvgIpc) is 3.29. The van der Waals surface area contributed by atoms with Crippen LogP contribution in [0.5, 0.6) is 5.75 Å². The molecule has 0 bridgehead atoms. The first-order chi connectivity index (χ1) is 20.8. The number of aromatic nitrogens is 1. The minimum absolute atomic E-state index is 0.266. The molecule has 8 nitrogen and oxygen atoms in total. The summed E-state index contributed by atoms with van der Waals surface area (Å²) >= 11 is 0. The first kappa shape index (κ1) is 27.5. The van der Waals surface area contributed by atoms with Crippen LogP contribution in [0.4, 0.5) is 5.69 Å². The zero-order valence-electron chi connectivity index (χ0n) is 23.7. The van der Waals surface area contributed by atoms with Crippen molar-refractivity contribution in [1.82, 2.24) is 4.98 Å². The maximum absolute atomic E-state index is 13.5. The Kier molecular flexibility index (Phi) is 7.03. The van der Waals surface area contributed by atoms with Gasteiger partial charge in [-0.15, -0.1) is 0 Å². The molecule has 43 heavy (non-hydrogen) atoms. The fraction of sp³-hybridized carbons (Fsp3) is 0.114. The number of pyridine rings is 1. The van der Waals surface area contributed by atoms with Gasteiger partial charge in [-0.05, 0) is 74.0 Å². The number of aryl methyl sites for hydroxylation is 1. The van der Waals surface area contributed by atoms with Crippen LogP contribution in [0.1, 0.15) is 53.9 Å². The highest BCUT2D eigenvalue weighted by Gasteiger charge is 2.36. The van der Waals surface area contributed by atoms with E-state index >= 15 is 0 Å². The second-order valence-corrected chi connectivity index (χ2v) is 10.2. The third-order valence-corrected chi connectivity index (χ3v) is 7.50. The topological polar surface area (TPSA) is 103 Å². The monoisotopic (exact) mass is 570 g/mol. The summed E-state index contributed by atoms with van der Waals surface area (Å²) in [6.45, 7) is 3.44. The predicted molar refractivity (Wildman–Crippen MR) is 162 cm³/mol. The van der Waals surface area contributed by atoms with Crippen LogP contribution in [0, 0.1) is 6.92 Å². The Balaban J connectivity index is 1.31. The Hall–Kier alpha value is -5.63. The average molecular weight is 571 g/mol. The first-order valence-electron chi connectivity index (χ1n) is 13.6. The van der Waals surface area contributed by atoms with E-state index in [1.807, 2.05) is 19.1 Å². The highest BCUT2D eigenvalue weighted by atomic mass is 16.5. The molecule has 0 saturated heterocycles. The number of carbonyl (C=O) groups excluding carboxylic acids is 4. The van der Waals surface area contributed by atoms with E-state index in [9.17, 15) is 19.2 Å². The van der Waals surface area contributed by atoms with Crippen molar-refractivity contribution in [3.05, 3.63) is 125 Å². The molecule has 0 N–H and O–H groups in total. The highest BCUT2D eigenvalue weighted by molar-refractivity contribution is 6.34. The molecule has 5 aromatic rings. The predicted octanol–water partition coefficient (Wildman–Crippen LogP) is 6.45. The number of para-hydroxylation sites is 1. The Morgan fingerprint density at radius 1 is 0.814 bits per heavy atom. The maximum atomic E-state index is 13.5. The molecule has 1 aromatic heterocycles. The van der Waals surface area contributed by atoms with Gasteiger partial charge < -0.3 is 9.47 Å². The molecule has 0 unspecified atom stereocenters. The lowest BCUT2D eigenvalue weighted by molar-refractivity contribution is 0.0320. The van der Waals surface area contributed by atoms with E-state index in [1.165, 1.54) is 6.92 Å². The molecule has 1 aliphatic heterocycles. The third kappa shape index (κ3) is 4.93. The third-order valence-electron chi connectivity index (χ3n) is 7.50. The van der Waals surface area contributed by atoms with Gasteiger partial charge in [0.2, 0.25) is 5.78 Å². The number of ether oxygens (including phenoxy) is 2. The van der Waals surface area contributed by atoms with E-state index in [1.54, 1.807) is 92.0 Å². The molecule has 2 amide bonds. The Morgan fingerprint density at radius 3 is 2.09 bits per heavy atom. The molecule has 1 aliphatic rings. The number of Topliss-reactive ketones (excluding diaryl/α,β-unsaturated/α-hetero) is 1. The summed E-state index contributed by atoms with van der Waals surface area (Å²) in [5, 5.41) is 0.598. The van der Waals surface area contributed by atoms with Crippen molar-refractivity contribution in [2.45, 2.75) is 20.0 Å². The van der Waals surface area contributed by atoms with E-state index in [0.717, 1.165) is 10.5 Å². The molecule has 0 spiro atoms. The van der Waals surface area contributed by atoms with Crippen LogP contribution >= 0.6 is 0 Å². The molecule has 0 saturated carbocycles. The molecule has 2 heterocycles. The standard InChI is InChI=1S/C35H26N2O6/c1-20-7-6-10-26-29(35(41)43-21(2)32(38)23-13-17-25(42-3)18-14-23)19-30(36-31(20)26)22-11-15-24(16-12-22)37-33(39)27-8-4-5-9-28(27)34(37)40/h4-19,21H,1-3H3/t21-/m1/s1. The lowest BCUT2D eigenvalue weighted by Gasteiger charge is -2.16. The van der Waals surface area contributed by atoms with Crippen LogP contribution < -0.4 is 9.64 Å². The van der Waals surface area contributed by atoms with Gasteiger partial charge in [0.1, 0.15) is 5.75 Å². The van der Waals surface area contributed by atoms with Crippen molar-refractivity contribution in [2.75, 3.05) is 12.0 Å². The fourth-order valence-corrected chi connectivity index (χ4v) is 5.18. The van der Waals surface area contributed by atoms with Crippen molar-refractivity contribution in [3.8, 4) is 17.0 Å². The van der Waals surface area contributed by atoms with Gasteiger partial charge in [-0.25, -0.2) is 14.7 Å². The molecule has 8 heteroatoms.